The molecule has 0 N–H and O–H groups in total. The molecule has 0 saturated carbocycles. The van der Waals surface area contributed by atoms with Crippen LogP contribution in [-0.4, -0.2) is 25.5 Å². The summed E-state index contributed by atoms with van der Waals surface area (Å²) in [6.07, 6.45) is 0. The van der Waals surface area contributed by atoms with E-state index in [9.17, 15) is 0 Å². The fourth-order valence-corrected chi connectivity index (χ4v) is 2.41. The lowest BCUT2D eigenvalue weighted by atomic mass is 9.91. The van der Waals surface area contributed by atoms with E-state index in [0.717, 1.165) is 16.6 Å². The summed E-state index contributed by atoms with van der Waals surface area (Å²) in [5.41, 5.74) is 2.53. The third-order valence-corrected chi connectivity index (χ3v) is 3.60. The molecule has 0 heterocycles. The predicted octanol–water partition coefficient (Wildman–Crippen LogP) is 4.69. The molecule has 2 rings (SSSR count). The Balaban J connectivity index is 2.35. The molecular weight excluding hydrogens is 277 g/mol. The monoisotopic (exact) mass is 293 g/mol. The molecule has 0 aliphatic rings. The third-order valence-electron chi connectivity index (χ3n) is 3.09. The van der Waals surface area contributed by atoms with Gasteiger partial charge in [0.2, 0.25) is 0 Å². The molecule has 2 aromatic rings. The van der Waals surface area contributed by atoms with Gasteiger partial charge in [-0.25, -0.2) is 0 Å². The highest BCUT2D eigenvalue weighted by Gasteiger charge is 2.15. The molecule has 0 bridgehead atoms. The summed E-state index contributed by atoms with van der Waals surface area (Å²) < 4.78 is 0. The Labute approximate surface area is 124 Å². The summed E-state index contributed by atoms with van der Waals surface area (Å²) in [6.45, 7) is 0.948. The summed E-state index contributed by atoms with van der Waals surface area (Å²) in [5, 5.41) is 1.53. The van der Waals surface area contributed by atoms with Gasteiger partial charge < -0.3 is 4.90 Å². The van der Waals surface area contributed by atoms with Crippen molar-refractivity contribution < 1.29 is 0 Å². The average molecular weight is 294 g/mol. The summed E-state index contributed by atoms with van der Waals surface area (Å²) in [7, 11) is 4.16. The lowest BCUT2D eigenvalue weighted by molar-refractivity contribution is 0.392. The fraction of sp³-hybridized carbons (Fsp3) is 0.250. The molecule has 1 nitrogen and oxygen atoms in total. The maximum atomic E-state index is 5.96. The van der Waals surface area contributed by atoms with Crippen molar-refractivity contribution in [2.45, 2.75) is 5.92 Å². The largest absolute Gasteiger partial charge is 0.308 e. The van der Waals surface area contributed by atoms with Crippen LogP contribution >= 0.6 is 23.2 Å². The van der Waals surface area contributed by atoms with E-state index >= 15 is 0 Å². The summed E-state index contributed by atoms with van der Waals surface area (Å²) in [6, 6.07) is 16.1. The molecular formula is C16H17Cl2N. The molecule has 3 heteroatoms. The van der Waals surface area contributed by atoms with E-state index in [1.54, 1.807) is 0 Å². The highest BCUT2D eigenvalue weighted by atomic mass is 35.5. The second-order valence-electron chi connectivity index (χ2n) is 4.92. The molecule has 0 radical (unpaired) electrons. The summed E-state index contributed by atoms with van der Waals surface area (Å²) in [4.78, 5) is 2.19. The van der Waals surface area contributed by atoms with Crippen molar-refractivity contribution >= 4 is 23.2 Å². The Hall–Kier alpha value is -1.02. The summed E-state index contributed by atoms with van der Waals surface area (Å²) in [5.74, 6) is 0.324. The molecule has 100 valence electrons. The first-order valence-electron chi connectivity index (χ1n) is 6.22. The van der Waals surface area contributed by atoms with Gasteiger partial charge >= 0.3 is 0 Å². The Morgan fingerprint density at radius 1 is 0.789 bits per heavy atom. The molecule has 0 atom stereocenters. The lowest BCUT2D eigenvalue weighted by Gasteiger charge is -2.22. The van der Waals surface area contributed by atoms with Crippen LogP contribution in [0, 0.1) is 0 Å². The van der Waals surface area contributed by atoms with Crippen molar-refractivity contribution in [2.75, 3.05) is 20.6 Å². The van der Waals surface area contributed by atoms with Gasteiger partial charge in [0, 0.05) is 22.5 Å². The number of hydrogen-bond donors (Lipinski definition) is 0. The molecule has 0 saturated heterocycles. The van der Waals surface area contributed by atoms with Crippen LogP contribution in [-0.2, 0) is 0 Å². The van der Waals surface area contributed by atoms with Gasteiger partial charge in [0.15, 0.2) is 0 Å². The van der Waals surface area contributed by atoms with E-state index in [1.165, 1.54) is 11.1 Å². The van der Waals surface area contributed by atoms with Crippen LogP contribution in [0.3, 0.4) is 0 Å². The number of halogens is 2. The van der Waals surface area contributed by atoms with Crippen molar-refractivity contribution in [3.8, 4) is 0 Å². The van der Waals surface area contributed by atoms with Gasteiger partial charge in [-0.1, -0.05) is 47.5 Å². The predicted molar refractivity (Wildman–Crippen MR) is 83.3 cm³/mol. The molecule has 0 amide bonds. The van der Waals surface area contributed by atoms with Crippen LogP contribution in [0.15, 0.2) is 48.5 Å². The van der Waals surface area contributed by atoms with Crippen LogP contribution in [0.2, 0.25) is 10.0 Å². The Morgan fingerprint density at radius 3 is 1.47 bits per heavy atom. The van der Waals surface area contributed by atoms with Crippen molar-refractivity contribution in [3.05, 3.63) is 69.7 Å². The van der Waals surface area contributed by atoms with Gasteiger partial charge in [-0.2, -0.15) is 0 Å². The number of benzene rings is 2. The van der Waals surface area contributed by atoms with E-state index in [-0.39, 0.29) is 0 Å². The maximum absolute atomic E-state index is 5.96. The molecule has 0 aromatic heterocycles. The first-order valence-corrected chi connectivity index (χ1v) is 6.97. The van der Waals surface area contributed by atoms with Crippen LogP contribution in [0.5, 0.6) is 0 Å². The third kappa shape index (κ3) is 3.97. The maximum Gasteiger partial charge on any atom is 0.0406 e. The van der Waals surface area contributed by atoms with Gasteiger partial charge in [0.05, 0.1) is 0 Å². The van der Waals surface area contributed by atoms with E-state index in [4.69, 9.17) is 23.2 Å². The number of hydrogen-bond acceptors (Lipinski definition) is 1. The molecule has 0 spiro atoms. The highest BCUT2D eigenvalue weighted by molar-refractivity contribution is 6.30. The number of likely N-dealkylation sites (N-methyl/N-ethyl adjacent to an activating group) is 1. The lowest BCUT2D eigenvalue weighted by Crippen LogP contribution is -2.21. The van der Waals surface area contributed by atoms with Gasteiger partial charge in [-0.05, 0) is 49.5 Å². The zero-order valence-corrected chi connectivity index (χ0v) is 12.6. The van der Waals surface area contributed by atoms with E-state index in [0.29, 0.717) is 5.92 Å². The van der Waals surface area contributed by atoms with Crippen molar-refractivity contribution in [2.24, 2.45) is 0 Å². The van der Waals surface area contributed by atoms with Gasteiger partial charge in [-0.3, -0.25) is 0 Å². The van der Waals surface area contributed by atoms with Crippen molar-refractivity contribution in [1.29, 1.82) is 0 Å². The average Bonchev–Trinajstić information content (AvgIpc) is 2.38. The van der Waals surface area contributed by atoms with E-state index < -0.39 is 0 Å². The Kier molecular flexibility index (Phi) is 4.87. The minimum Gasteiger partial charge on any atom is -0.308 e. The SMILES string of the molecule is CN(C)CC(c1ccc(Cl)cc1)c1ccc(Cl)cc1. The Morgan fingerprint density at radius 2 is 1.16 bits per heavy atom. The van der Waals surface area contributed by atoms with Crippen LogP contribution in [0.25, 0.3) is 0 Å². The van der Waals surface area contributed by atoms with Crippen LogP contribution in [0.4, 0.5) is 0 Å². The van der Waals surface area contributed by atoms with Gasteiger partial charge in [0.25, 0.3) is 0 Å². The molecule has 0 aliphatic heterocycles. The van der Waals surface area contributed by atoms with Crippen molar-refractivity contribution in [3.63, 3.8) is 0 Å². The number of nitrogens with zero attached hydrogens (tertiary/aromatic N) is 1. The van der Waals surface area contributed by atoms with E-state index in [2.05, 4.69) is 43.3 Å². The molecule has 0 fully saturated rings. The fourth-order valence-electron chi connectivity index (χ4n) is 2.16. The smallest absolute Gasteiger partial charge is 0.0406 e. The van der Waals surface area contributed by atoms with Crippen LogP contribution < -0.4 is 0 Å². The number of rotatable bonds is 4. The molecule has 0 unspecified atom stereocenters. The first-order chi connectivity index (χ1) is 9.06. The van der Waals surface area contributed by atoms with Crippen molar-refractivity contribution in [1.82, 2.24) is 4.90 Å². The second-order valence-corrected chi connectivity index (χ2v) is 5.79. The van der Waals surface area contributed by atoms with E-state index in [1.807, 2.05) is 24.3 Å². The summed E-state index contributed by atoms with van der Waals surface area (Å²) >= 11 is 11.9. The normalized spacial score (nSPS) is 11.3. The Bertz CT molecular complexity index is 472. The van der Waals surface area contributed by atoms with Crippen LogP contribution in [0.1, 0.15) is 17.0 Å². The molecule has 0 aliphatic carbocycles. The van der Waals surface area contributed by atoms with Gasteiger partial charge in [0.1, 0.15) is 0 Å². The standard InChI is InChI=1S/C16H17Cl2N/c1-19(2)11-16(12-3-7-14(17)8-4-12)13-5-9-15(18)10-6-13/h3-10,16H,11H2,1-2H3. The first kappa shape index (κ1) is 14.4. The molecule has 2 aromatic carbocycles. The van der Waals surface area contributed by atoms with Gasteiger partial charge in [-0.15, -0.1) is 0 Å². The minimum atomic E-state index is 0.324. The minimum absolute atomic E-state index is 0.324. The highest BCUT2D eigenvalue weighted by Crippen LogP contribution is 2.27. The molecule has 19 heavy (non-hydrogen) atoms. The quantitative estimate of drug-likeness (QED) is 0.791. The topological polar surface area (TPSA) is 3.24 Å². The zero-order valence-electron chi connectivity index (χ0n) is 11.1. The second kappa shape index (κ2) is 6.42. The zero-order chi connectivity index (χ0) is 13.8.